The number of ether oxygens (including phenoxy) is 1. The Morgan fingerprint density at radius 1 is 1.32 bits per heavy atom. The topological polar surface area (TPSA) is 94.3 Å². The molecule has 0 unspecified atom stereocenters. The highest BCUT2D eigenvalue weighted by molar-refractivity contribution is 5.99. The molecular formula is C23H21F3N6O2. The van der Waals surface area contributed by atoms with Crippen LogP contribution in [0.4, 0.5) is 30.2 Å². The Morgan fingerprint density at radius 2 is 2.12 bits per heavy atom. The van der Waals surface area contributed by atoms with Gasteiger partial charge in [0.15, 0.2) is 11.6 Å². The van der Waals surface area contributed by atoms with Gasteiger partial charge in [0.25, 0.3) is 6.43 Å². The van der Waals surface area contributed by atoms with Crippen LogP contribution < -0.4 is 10.1 Å². The lowest BCUT2D eigenvalue weighted by Crippen LogP contribution is -2.12. The molecule has 2 atom stereocenters. The number of anilines is 2. The highest BCUT2D eigenvalue weighted by atomic mass is 19.3. The minimum atomic E-state index is -2.72. The van der Waals surface area contributed by atoms with Gasteiger partial charge in [0.1, 0.15) is 24.0 Å². The van der Waals surface area contributed by atoms with Crippen LogP contribution in [0, 0.1) is 5.92 Å². The summed E-state index contributed by atoms with van der Waals surface area (Å²) >= 11 is 0. The quantitative estimate of drug-likeness (QED) is 0.535. The fourth-order valence-corrected chi connectivity index (χ4v) is 4.01. The summed E-state index contributed by atoms with van der Waals surface area (Å²) < 4.78 is 47.3. The van der Waals surface area contributed by atoms with Crippen LogP contribution in [-0.2, 0) is 24.7 Å². The number of pyridine rings is 1. The number of benzene rings is 1. The molecule has 11 heteroatoms. The van der Waals surface area contributed by atoms with E-state index in [9.17, 15) is 18.0 Å². The van der Waals surface area contributed by atoms with Gasteiger partial charge in [0.05, 0.1) is 47.1 Å². The summed E-state index contributed by atoms with van der Waals surface area (Å²) in [5.74, 6) is 0.0466. The predicted octanol–water partition coefficient (Wildman–Crippen LogP) is 3.99. The van der Waals surface area contributed by atoms with Crippen LogP contribution in [0.2, 0.25) is 0 Å². The van der Waals surface area contributed by atoms with E-state index in [0.717, 1.165) is 0 Å². The molecule has 3 heterocycles. The fraction of sp³-hybridized carbons (Fsp3) is 0.348. The Labute approximate surface area is 192 Å². The van der Waals surface area contributed by atoms with Gasteiger partial charge in [0.2, 0.25) is 0 Å². The molecule has 176 valence electrons. The van der Waals surface area contributed by atoms with E-state index in [1.807, 2.05) is 0 Å². The molecule has 34 heavy (non-hydrogen) atoms. The van der Waals surface area contributed by atoms with Crippen molar-refractivity contribution in [3.05, 3.63) is 42.0 Å². The van der Waals surface area contributed by atoms with Gasteiger partial charge in [-0.1, -0.05) is 6.07 Å². The lowest BCUT2D eigenvalue weighted by Gasteiger charge is -2.16. The lowest BCUT2D eigenvalue weighted by atomic mass is 10.1. The third-order valence-electron chi connectivity index (χ3n) is 5.78. The number of nitrogens with one attached hydrogen (secondary N) is 1. The van der Waals surface area contributed by atoms with E-state index in [1.54, 1.807) is 42.3 Å². The van der Waals surface area contributed by atoms with Crippen LogP contribution in [0.15, 0.2) is 35.6 Å². The van der Waals surface area contributed by atoms with E-state index in [0.29, 0.717) is 39.9 Å². The van der Waals surface area contributed by atoms with Gasteiger partial charge < -0.3 is 10.1 Å². The molecule has 0 spiro atoms. The molecule has 1 N–H and O–H groups in total. The van der Waals surface area contributed by atoms with E-state index >= 15 is 0 Å². The fourth-order valence-electron chi connectivity index (χ4n) is 4.01. The van der Waals surface area contributed by atoms with Crippen molar-refractivity contribution >= 4 is 28.6 Å². The van der Waals surface area contributed by atoms with Gasteiger partial charge >= 0.3 is 0 Å². The van der Waals surface area contributed by atoms with Crippen molar-refractivity contribution in [1.82, 2.24) is 19.7 Å². The summed E-state index contributed by atoms with van der Waals surface area (Å²) in [4.78, 5) is 25.1. The first kappa shape index (κ1) is 22.1. The SMILES string of the molecule is COc1c(Nc2cc(CC(=O)[C@H]3C[C@@H]3F)nc3c2N=C(C(F)F)C3)cccc1-c1ncn(C)n1. The molecule has 1 aliphatic carbocycles. The zero-order chi connectivity index (χ0) is 24.0. The minimum absolute atomic E-state index is 0.0773. The van der Waals surface area contributed by atoms with Crippen molar-refractivity contribution in [3.8, 4) is 17.1 Å². The zero-order valence-electron chi connectivity index (χ0n) is 18.4. The first-order valence-corrected chi connectivity index (χ1v) is 10.7. The molecule has 0 bridgehead atoms. The van der Waals surface area contributed by atoms with Crippen molar-refractivity contribution < 1.29 is 22.7 Å². The maximum absolute atomic E-state index is 13.4. The number of para-hydroxylation sites is 1. The number of carbonyl (C=O) groups excluding carboxylic acids is 1. The van der Waals surface area contributed by atoms with Gasteiger partial charge in [0, 0.05) is 19.9 Å². The van der Waals surface area contributed by atoms with Crippen molar-refractivity contribution in [1.29, 1.82) is 0 Å². The number of aryl methyl sites for hydroxylation is 1. The molecular weight excluding hydrogens is 449 g/mol. The Hall–Kier alpha value is -3.76. The van der Waals surface area contributed by atoms with Crippen molar-refractivity contribution in [2.75, 3.05) is 12.4 Å². The molecule has 1 fully saturated rings. The number of fused-ring (bicyclic) bond motifs is 1. The number of alkyl halides is 3. The maximum atomic E-state index is 13.4. The van der Waals surface area contributed by atoms with Crippen LogP contribution >= 0.6 is 0 Å². The van der Waals surface area contributed by atoms with E-state index in [4.69, 9.17) is 4.74 Å². The second-order valence-corrected chi connectivity index (χ2v) is 8.29. The molecule has 3 aromatic rings. The van der Waals surface area contributed by atoms with Gasteiger partial charge in [-0.15, -0.1) is 0 Å². The average Bonchev–Trinajstić information content (AvgIpc) is 3.18. The average molecular weight is 470 g/mol. The molecule has 1 saturated carbocycles. The maximum Gasteiger partial charge on any atom is 0.277 e. The molecule has 5 rings (SSSR count). The summed E-state index contributed by atoms with van der Waals surface area (Å²) in [6.07, 6.45) is -2.24. The lowest BCUT2D eigenvalue weighted by molar-refractivity contribution is -0.120. The number of nitrogens with zero attached hydrogens (tertiary/aromatic N) is 5. The number of ketones is 1. The summed E-state index contributed by atoms with van der Waals surface area (Å²) in [6.45, 7) is 0. The number of carbonyl (C=O) groups is 1. The Balaban J connectivity index is 1.53. The van der Waals surface area contributed by atoms with E-state index in [-0.39, 0.29) is 36.4 Å². The van der Waals surface area contributed by atoms with Crippen molar-refractivity contribution in [2.45, 2.75) is 31.9 Å². The van der Waals surface area contributed by atoms with Crippen LogP contribution in [-0.4, -0.2) is 51.0 Å². The van der Waals surface area contributed by atoms with E-state index in [2.05, 4.69) is 25.4 Å². The zero-order valence-corrected chi connectivity index (χ0v) is 18.4. The third kappa shape index (κ3) is 4.13. The van der Waals surface area contributed by atoms with Crippen LogP contribution in [0.5, 0.6) is 5.75 Å². The number of aromatic nitrogens is 4. The Bertz CT molecular complexity index is 1310. The second-order valence-electron chi connectivity index (χ2n) is 8.29. The number of halogens is 3. The van der Waals surface area contributed by atoms with Gasteiger partial charge in [-0.3, -0.25) is 14.5 Å². The van der Waals surface area contributed by atoms with Gasteiger partial charge in [-0.2, -0.15) is 5.10 Å². The smallest absolute Gasteiger partial charge is 0.277 e. The van der Waals surface area contributed by atoms with Crippen LogP contribution in [0.25, 0.3) is 11.4 Å². The number of Topliss-reactive ketones (excluding diaryl/α,β-unsaturated/α-hetero) is 1. The highest BCUT2D eigenvalue weighted by Crippen LogP contribution is 2.42. The first-order chi connectivity index (χ1) is 16.3. The van der Waals surface area contributed by atoms with E-state index < -0.39 is 18.5 Å². The third-order valence-corrected chi connectivity index (χ3v) is 5.78. The summed E-state index contributed by atoms with van der Waals surface area (Å²) in [6, 6.07) is 6.93. The summed E-state index contributed by atoms with van der Waals surface area (Å²) in [5.41, 5.74) is 2.27. The van der Waals surface area contributed by atoms with Gasteiger partial charge in [-0.05, 0) is 24.6 Å². The first-order valence-electron chi connectivity index (χ1n) is 10.7. The number of methoxy groups -OCH3 is 1. The number of hydrogen-bond acceptors (Lipinski definition) is 7. The molecule has 8 nitrogen and oxygen atoms in total. The molecule has 2 aliphatic rings. The minimum Gasteiger partial charge on any atom is -0.494 e. The normalized spacial score (nSPS) is 18.6. The predicted molar refractivity (Wildman–Crippen MR) is 119 cm³/mol. The Morgan fingerprint density at radius 3 is 2.76 bits per heavy atom. The molecule has 1 aliphatic heterocycles. The molecule has 0 radical (unpaired) electrons. The van der Waals surface area contributed by atoms with Crippen LogP contribution in [0.1, 0.15) is 17.8 Å². The molecule has 0 amide bonds. The Kier molecular flexibility index (Phi) is 5.54. The number of rotatable bonds is 8. The van der Waals surface area contributed by atoms with Gasteiger partial charge in [-0.25, -0.2) is 23.1 Å². The summed E-state index contributed by atoms with van der Waals surface area (Å²) in [5, 5.41) is 7.52. The largest absolute Gasteiger partial charge is 0.494 e. The summed E-state index contributed by atoms with van der Waals surface area (Å²) in [7, 11) is 3.25. The van der Waals surface area contributed by atoms with E-state index in [1.165, 1.54) is 7.11 Å². The molecule has 0 saturated heterocycles. The van der Waals surface area contributed by atoms with Crippen molar-refractivity contribution in [2.24, 2.45) is 18.0 Å². The van der Waals surface area contributed by atoms with Crippen LogP contribution in [0.3, 0.4) is 0 Å². The highest BCUT2D eigenvalue weighted by Gasteiger charge is 2.43. The monoisotopic (exact) mass is 470 g/mol. The molecule has 1 aromatic carbocycles. The number of hydrogen-bond donors (Lipinski definition) is 1. The molecule has 2 aromatic heterocycles. The standard InChI is InChI=1S/C23H21F3N6O2/c1-32-10-27-23(31-32)12-4-3-5-15(21(12)34-2)29-16-6-11(7-19(33)13-8-14(13)24)28-17-9-18(22(25)26)30-20(16)17/h3-6,10,13-14,22H,7-9H2,1-2H3,(H,28,29)/t13-,14-/m0/s1. The van der Waals surface area contributed by atoms with Crippen molar-refractivity contribution in [3.63, 3.8) is 0 Å². The number of aliphatic imine (C=N–C) groups is 1. The second kappa shape index (κ2) is 8.54.